The number of aliphatic hydroxyl groups is 2. The molecule has 7 atom stereocenters. The summed E-state index contributed by atoms with van der Waals surface area (Å²) in [7, 11) is 0. The van der Waals surface area contributed by atoms with Crippen molar-refractivity contribution < 1.29 is 19.8 Å². The van der Waals surface area contributed by atoms with Gasteiger partial charge in [-0.3, -0.25) is 9.59 Å². The van der Waals surface area contributed by atoms with Gasteiger partial charge >= 0.3 is 0 Å². The van der Waals surface area contributed by atoms with E-state index in [0.717, 1.165) is 31.3 Å². The third kappa shape index (κ3) is 2.41. The first-order chi connectivity index (χ1) is 12.3. The summed E-state index contributed by atoms with van der Waals surface area (Å²) in [6.45, 7) is 3.99. The van der Waals surface area contributed by atoms with Crippen LogP contribution >= 0.6 is 0 Å². The number of fused-ring (bicyclic) bond motifs is 5. The van der Waals surface area contributed by atoms with Crippen molar-refractivity contribution in [3.05, 3.63) is 23.8 Å². The number of rotatable bonds is 3. The summed E-state index contributed by atoms with van der Waals surface area (Å²) in [6.07, 6.45) is 10.1. The number of Topliss-reactive ketones (excluding diaryl/α,β-unsaturated/α-hetero) is 1. The second-order valence-corrected chi connectivity index (χ2v) is 9.38. The molecule has 4 aliphatic carbocycles. The molecule has 0 bridgehead atoms. The molecule has 0 saturated heterocycles. The van der Waals surface area contributed by atoms with Crippen molar-refractivity contribution in [2.45, 2.75) is 58.5 Å². The molecular formula is C22H30O4. The topological polar surface area (TPSA) is 74.6 Å². The standard InChI is InChI=1S/C22H30O4/c1-13-3-6-18-17-5-4-14-9-15(24)7-8-21(14,2)20(17)19(26)11-22(13,18)10-16(25)12-23/h7-9,13,17-20,23,26H,3-6,10-12H2,1-2H3. The molecule has 3 fully saturated rings. The van der Waals surface area contributed by atoms with Crippen molar-refractivity contribution in [3.8, 4) is 0 Å². The molecule has 3 saturated carbocycles. The summed E-state index contributed by atoms with van der Waals surface area (Å²) >= 11 is 0. The number of hydrogen-bond acceptors (Lipinski definition) is 4. The quantitative estimate of drug-likeness (QED) is 0.813. The first-order valence-corrected chi connectivity index (χ1v) is 10.1. The highest BCUT2D eigenvalue weighted by Gasteiger charge is 2.62. The minimum absolute atomic E-state index is 0.0543. The molecule has 4 rings (SSSR count). The van der Waals surface area contributed by atoms with Crippen LogP contribution in [0, 0.1) is 34.5 Å². The average molecular weight is 358 g/mol. The summed E-state index contributed by atoms with van der Waals surface area (Å²) in [5.41, 5.74) is 0.733. The molecule has 4 aliphatic rings. The van der Waals surface area contributed by atoms with Gasteiger partial charge in [0.25, 0.3) is 0 Å². The van der Waals surface area contributed by atoms with Crippen molar-refractivity contribution in [2.75, 3.05) is 6.61 Å². The van der Waals surface area contributed by atoms with E-state index in [4.69, 9.17) is 0 Å². The first kappa shape index (κ1) is 18.1. The molecule has 0 amide bonds. The van der Waals surface area contributed by atoms with Crippen LogP contribution in [0.2, 0.25) is 0 Å². The fourth-order valence-electron chi connectivity index (χ4n) is 7.17. The van der Waals surface area contributed by atoms with Gasteiger partial charge in [0.1, 0.15) is 6.61 Å². The van der Waals surface area contributed by atoms with Gasteiger partial charge in [-0.2, -0.15) is 0 Å². The fraction of sp³-hybridized carbons (Fsp3) is 0.727. The third-order valence-corrected chi connectivity index (χ3v) is 8.36. The van der Waals surface area contributed by atoms with E-state index in [1.165, 1.54) is 0 Å². The van der Waals surface area contributed by atoms with Gasteiger partial charge < -0.3 is 10.2 Å². The molecule has 4 nitrogen and oxygen atoms in total. The number of hydrogen-bond donors (Lipinski definition) is 2. The molecular weight excluding hydrogens is 328 g/mol. The second-order valence-electron chi connectivity index (χ2n) is 9.38. The molecule has 4 heteroatoms. The lowest BCUT2D eigenvalue weighted by Gasteiger charge is -2.59. The maximum atomic E-state index is 12.2. The predicted octanol–water partition coefficient (Wildman–Crippen LogP) is 2.83. The largest absolute Gasteiger partial charge is 0.393 e. The van der Waals surface area contributed by atoms with Crippen LogP contribution in [0.3, 0.4) is 0 Å². The number of ketones is 2. The lowest BCUT2D eigenvalue weighted by atomic mass is 9.46. The molecule has 0 heterocycles. The van der Waals surface area contributed by atoms with Crippen LogP contribution in [-0.2, 0) is 9.59 Å². The number of aliphatic hydroxyl groups excluding tert-OH is 2. The van der Waals surface area contributed by atoms with Gasteiger partial charge in [-0.25, -0.2) is 0 Å². The van der Waals surface area contributed by atoms with Gasteiger partial charge in [0.2, 0.25) is 0 Å². The van der Waals surface area contributed by atoms with Crippen LogP contribution in [0.15, 0.2) is 23.8 Å². The Bertz CT molecular complexity index is 692. The Balaban J connectivity index is 1.73. The van der Waals surface area contributed by atoms with Crippen LogP contribution in [0.1, 0.15) is 52.4 Å². The molecule has 2 N–H and O–H groups in total. The molecule has 0 aromatic heterocycles. The Labute approximate surface area is 155 Å². The smallest absolute Gasteiger partial charge is 0.178 e. The van der Waals surface area contributed by atoms with Crippen molar-refractivity contribution in [1.29, 1.82) is 0 Å². The molecule has 0 spiro atoms. The highest BCUT2D eigenvalue weighted by Crippen LogP contribution is 2.67. The van der Waals surface area contributed by atoms with Crippen LogP contribution in [0.4, 0.5) is 0 Å². The summed E-state index contributed by atoms with van der Waals surface area (Å²) in [4.78, 5) is 24.0. The van der Waals surface area contributed by atoms with E-state index in [1.807, 2.05) is 6.08 Å². The molecule has 0 aliphatic heterocycles. The maximum Gasteiger partial charge on any atom is 0.178 e. The maximum absolute atomic E-state index is 12.2. The lowest BCUT2D eigenvalue weighted by Crippen LogP contribution is -2.57. The van der Waals surface area contributed by atoms with E-state index < -0.39 is 12.7 Å². The van der Waals surface area contributed by atoms with Crippen LogP contribution in [0.25, 0.3) is 0 Å². The highest BCUT2D eigenvalue weighted by atomic mass is 16.3. The minimum Gasteiger partial charge on any atom is -0.393 e. The SMILES string of the molecule is CC1CCC2C3CCC4=CC(=O)C=CC4(C)C3C(O)CC12CC(=O)CO. The molecule has 0 aromatic carbocycles. The zero-order chi connectivity index (χ0) is 18.7. The van der Waals surface area contributed by atoms with Gasteiger partial charge in [0.15, 0.2) is 11.6 Å². The van der Waals surface area contributed by atoms with Crippen molar-refractivity contribution in [1.82, 2.24) is 0 Å². The molecule has 0 radical (unpaired) electrons. The normalized spacial score (nSPS) is 47.0. The van der Waals surface area contributed by atoms with E-state index in [0.29, 0.717) is 30.6 Å². The monoisotopic (exact) mass is 358 g/mol. The Kier molecular flexibility index (Phi) is 4.27. The average Bonchev–Trinajstić information content (AvgIpc) is 2.91. The lowest BCUT2D eigenvalue weighted by molar-refractivity contribution is -0.141. The van der Waals surface area contributed by atoms with Gasteiger partial charge in [-0.05, 0) is 67.4 Å². The van der Waals surface area contributed by atoms with Crippen LogP contribution in [-0.4, -0.2) is 34.5 Å². The van der Waals surface area contributed by atoms with Crippen LogP contribution < -0.4 is 0 Å². The summed E-state index contributed by atoms with van der Waals surface area (Å²) in [5.74, 6) is 1.26. The summed E-state index contributed by atoms with van der Waals surface area (Å²) in [5, 5.41) is 20.6. The van der Waals surface area contributed by atoms with Gasteiger partial charge in [0, 0.05) is 17.8 Å². The van der Waals surface area contributed by atoms with E-state index in [2.05, 4.69) is 13.8 Å². The Morgan fingerprint density at radius 2 is 2.08 bits per heavy atom. The van der Waals surface area contributed by atoms with Crippen molar-refractivity contribution in [2.24, 2.45) is 34.5 Å². The van der Waals surface area contributed by atoms with Gasteiger partial charge in [-0.15, -0.1) is 0 Å². The molecule has 0 aromatic rings. The van der Waals surface area contributed by atoms with E-state index in [1.54, 1.807) is 12.2 Å². The predicted molar refractivity (Wildman–Crippen MR) is 98.2 cm³/mol. The zero-order valence-corrected chi connectivity index (χ0v) is 15.8. The Hall–Kier alpha value is -1.26. The Morgan fingerprint density at radius 1 is 1.31 bits per heavy atom. The van der Waals surface area contributed by atoms with E-state index >= 15 is 0 Å². The van der Waals surface area contributed by atoms with Crippen molar-refractivity contribution >= 4 is 11.6 Å². The number of allylic oxidation sites excluding steroid dienone is 4. The Morgan fingerprint density at radius 3 is 2.81 bits per heavy atom. The third-order valence-electron chi connectivity index (χ3n) is 8.36. The number of carbonyl (C=O) groups is 2. The highest BCUT2D eigenvalue weighted by molar-refractivity contribution is 6.01. The first-order valence-electron chi connectivity index (χ1n) is 10.1. The number of carbonyl (C=O) groups excluding carboxylic acids is 2. The molecule has 26 heavy (non-hydrogen) atoms. The summed E-state index contributed by atoms with van der Waals surface area (Å²) < 4.78 is 0. The van der Waals surface area contributed by atoms with Gasteiger partial charge in [-0.1, -0.05) is 25.5 Å². The fourth-order valence-corrected chi connectivity index (χ4v) is 7.17. The minimum atomic E-state index is -0.477. The second kappa shape index (κ2) is 6.13. The van der Waals surface area contributed by atoms with E-state index in [9.17, 15) is 19.8 Å². The molecule has 142 valence electrons. The van der Waals surface area contributed by atoms with E-state index in [-0.39, 0.29) is 28.3 Å². The van der Waals surface area contributed by atoms with Crippen molar-refractivity contribution in [3.63, 3.8) is 0 Å². The van der Waals surface area contributed by atoms with Gasteiger partial charge in [0.05, 0.1) is 6.10 Å². The van der Waals surface area contributed by atoms with Crippen LogP contribution in [0.5, 0.6) is 0 Å². The summed E-state index contributed by atoms with van der Waals surface area (Å²) in [6, 6.07) is 0. The molecule has 7 unspecified atom stereocenters. The zero-order valence-electron chi connectivity index (χ0n) is 15.8.